The summed E-state index contributed by atoms with van der Waals surface area (Å²) in [5.74, 6) is -1.16. The van der Waals surface area contributed by atoms with Crippen molar-refractivity contribution in [2.75, 3.05) is 11.4 Å². The predicted molar refractivity (Wildman–Crippen MR) is 121 cm³/mol. The first-order valence-corrected chi connectivity index (χ1v) is 10.8. The molecule has 164 valence electrons. The summed E-state index contributed by atoms with van der Waals surface area (Å²) >= 11 is 0. The molecule has 3 rings (SSSR count). The highest BCUT2D eigenvalue weighted by Crippen LogP contribution is 2.31. The van der Waals surface area contributed by atoms with Crippen molar-refractivity contribution in [1.29, 1.82) is 0 Å². The van der Waals surface area contributed by atoms with Gasteiger partial charge in [-0.3, -0.25) is 9.59 Å². The molecule has 5 nitrogen and oxygen atoms in total. The third kappa shape index (κ3) is 6.17. The van der Waals surface area contributed by atoms with Crippen LogP contribution in [0.25, 0.3) is 10.9 Å². The zero-order valence-corrected chi connectivity index (χ0v) is 17.9. The Morgan fingerprint density at radius 1 is 1.00 bits per heavy atom. The highest BCUT2D eigenvalue weighted by atomic mass is 19.1. The molecule has 2 aromatic carbocycles. The monoisotopic (exact) mass is 424 g/mol. The Morgan fingerprint density at radius 2 is 1.71 bits per heavy atom. The van der Waals surface area contributed by atoms with Crippen LogP contribution in [0.5, 0.6) is 0 Å². The summed E-state index contributed by atoms with van der Waals surface area (Å²) < 4.78 is 16.1. The van der Waals surface area contributed by atoms with Crippen LogP contribution in [0.2, 0.25) is 0 Å². The molecule has 0 saturated heterocycles. The van der Waals surface area contributed by atoms with Crippen molar-refractivity contribution in [2.24, 2.45) is 0 Å². The SMILES string of the molecule is CC(=O)N(CCCCCCCC(=O)O)c1cn(Cc2ccccc2)c2ccc(F)cc12. The Hall–Kier alpha value is -3.15. The molecule has 0 unspecified atom stereocenters. The lowest BCUT2D eigenvalue weighted by molar-refractivity contribution is -0.137. The molecule has 0 aliphatic heterocycles. The molecule has 3 aromatic rings. The molecule has 0 aliphatic carbocycles. The number of carbonyl (C=O) groups excluding carboxylic acids is 1. The molecular weight excluding hydrogens is 395 g/mol. The average molecular weight is 425 g/mol. The second-order valence-corrected chi connectivity index (χ2v) is 7.87. The van der Waals surface area contributed by atoms with Gasteiger partial charge in [0.05, 0.1) is 11.2 Å². The normalized spacial score (nSPS) is 11.0. The Balaban J connectivity index is 1.75. The number of anilines is 1. The number of hydrogen-bond acceptors (Lipinski definition) is 2. The maximum Gasteiger partial charge on any atom is 0.303 e. The van der Waals surface area contributed by atoms with Crippen molar-refractivity contribution in [3.63, 3.8) is 0 Å². The number of carbonyl (C=O) groups is 2. The number of unbranched alkanes of at least 4 members (excludes halogenated alkanes) is 4. The third-order valence-electron chi connectivity index (χ3n) is 5.46. The van der Waals surface area contributed by atoms with Gasteiger partial charge in [-0.25, -0.2) is 4.39 Å². The van der Waals surface area contributed by atoms with Gasteiger partial charge in [0.15, 0.2) is 0 Å². The van der Waals surface area contributed by atoms with Gasteiger partial charge in [-0.05, 0) is 36.6 Å². The van der Waals surface area contributed by atoms with Gasteiger partial charge >= 0.3 is 5.97 Å². The van der Waals surface area contributed by atoms with Crippen LogP contribution in [0.1, 0.15) is 51.0 Å². The molecule has 1 N–H and O–H groups in total. The minimum absolute atomic E-state index is 0.0751. The first-order valence-electron chi connectivity index (χ1n) is 10.8. The second-order valence-electron chi connectivity index (χ2n) is 7.87. The maximum atomic E-state index is 14.0. The zero-order valence-electron chi connectivity index (χ0n) is 17.9. The quantitative estimate of drug-likeness (QED) is 0.407. The van der Waals surface area contributed by atoms with Crippen LogP contribution in [0.4, 0.5) is 10.1 Å². The topological polar surface area (TPSA) is 62.5 Å². The van der Waals surface area contributed by atoms with Crippen molar-refractivity contribution in [3.05, 3.63) is 66.1 Å². The van der Waals surface area contributed by atoms with Gasteiger partial charge in [0.2, 0.25) is 5.91 Å². The van der Waals surface area contributed by atoms with E-state index in [4.69, 9.17) is 5.11 Å². The fraction of sp³-hybridized carbons (Fsp3) is 0.360. The molecule has 0 atom stereocenters. The van der Waals surface area contributed by atoms with E-state index in [-0.39, 0.29) is 18.1 Å². The zero-order chi connectivity index (χ0) is 22.2. The molecule has 6 heteroatoms. The van der Waals surface area contributed by atoms with Gasteiger partial charge in [-0.1, -0.05) is 49.6 Å². The van der Waals surface area contributed by atoms with Crippen molar-refractivity contribution in [2.45, 2.75) is 52.0 Å². The van der Waals surface area contributed by atoms with E-state index in [1.165, 1.54) is 19.1 Å². The van der Waals surface area contributed by atoms with E-state index in [2.05, 4.69) is 4.57 Å². The van der Waals surface area contributed by atoms with Crippen LogP contribution < -0.4 is 4.90 Å². The minimum Gasteiger partial charge on any atom is -0.481 e. The number of hydrogen-bond donors (Lipinski definition) is 1. The summed E-state index contributed by atoms with van der Waals surface area (Å²) in [5.41, 5.74) is 2.75. The number of carboxylic acids is 1. The first kappa shape index (κ1) is 22.5. The highest BCUT2D eigenvalue weighted by Gasteiger charge is 2.18. The van der Waals surface area contributed by atoms with E-state index in [9.17, 15) is 14.0 Å². The smallest absolute Gasteiger partial charge is 0.303 e. The number of amides is 1. The first-order chi connectivity index (χ1) is 15.0. The fourth-order valence-electron chi connectivity index (χ4n) is 3.90. The van der Waals surface area contributed by atoms with E-state index >= 15 is 0 Å². The highest BCUT2D eigenvalue weighted by molar-refractivity contribution is 6.02. The third-order valence-corrected chi connectivity index (χ3v) is 5.46. The summed E-state index contributed by atoms with van der Waals surface area (Å²) in [7, 11) is 0. The molecule has 1 aromatic heterocycles. The van der Waals surface area contributed by atoms with Gasteiger partial charge in [-0.2, -0.15) is 0 Å². The molecule has 0 aliphatic rings. The summed E-state index contributed by atoms with van der Waals surface area (Å²) in [5, 5.41) is 9.43. The molecule has 0 spiro atoms. The summed E-state index contributed by atoms with van der Waals surface area (Å²) in [6.45, 7) is 2.72. The molecule has 0 saturated carbocycles. The molecule has 31 heavy (non-hydrogen) atoms. The molecule has 1 amide bonds. The van der Waals surface area contributed by atoms with Crippen molar-refractivity contribution >= 4 is 28.5 Å². The maximum absolute atomic E-state index is 14.0. The lowest BCUT2D eigenvalue weighted by Gasteiger charge is -2.20. The Kier molecular flexibility index (Phi) is 7.82. The lowest BCUT2D eigenvalue weighted by Crippen LogP contribution is -2.29. The van der Waals surface area contributed by atoms with Crippen molar-refractivity contribution in [3.8, 4) is 0 Å². The van der Waals surface area contributed by atoms with E-state index in [0.717, 1.165) is 47.8 Å². The molecule has 0 fully saturated rings. The van der Waals surface area contributed by atoms with Crippen LogP contribution in [0.15, 0.2) is 54.7 Å². The molecule has 0 radical (unpaired) electrons. The number of fused-ring (bicyclic) bond motifs is 1. The van der Waals surface area contributed by atoms with Crippen LogP contribution in [-0.4, -0.2) is 28.1 Å². The Labute approximate surface area is 182 Å². The van der Waals surface area contributed by atoms with Crippen LogP contribution in [-0.2, 0) is 16.1 Å². The summed E-state index contributed by atoms with van der Waals surface area (Å²) in [4.78, 5) is 24.7. The van der Waals surface area contributed by atoms with Crippen LogP contribution in [0.3, 0.4) is 0 Å². The Morgan fingerprint density at radius 3 is 2.42 bits per heavy atom. The van der Waals surface area contributed by atoms with Crippen molar-refractivity contribution < 1.29 is 19.1 Å². The van der Waals surface area contributed by atoms with E-state index in [1.807, 2.05) is 36.5 Å². The number of halogens is 1. The van der Waals surface area contributed by atoms with Gasteiger partial charge in [0.1, 0.15) is 5.82 Å². The van der Waals surface area contributed by atoms with Crippen LogP contribution in [0, 0.1) is 5.82 Å². The number of aromatic nitrogens is 1. The number of aliphatic carboxylic acids is 1. The van der Waals surface area contributed by atoms with E-state index in [0.29, 0.717) is 19.5 Å². The van der Waals surface area contributed by atoms with Gasteiger partial charge in [0.25, 0.3) is 0 Å². The van der Waals surface area contributed by atoms with Gasteiger partial charge < -0.3 is 14.6 Å². The van der Waals surface area contributed by atoms with E-state index in [1.54, 1.807) is 11.0 Å². The average Bonchev–Trinajstić information content (AvgIpc) is 3.07. The minimum atomic E-state index is -0.762. The number of nitrogens with zero attached hydrogens (tertiary/aromatic N) is 2. The fourth-order valence-corrected chi connectivity index (χ4v) is 3.90. The number of carboxylic acid groups (broad SMARTS) is 1. The van der Waals surface area contributed by atoms with Gasteiger partial charge in [0, 0.05) is 38.0 Å². The lowest BCUT2D eigenvalue weighted by atomic mass is 10.1. The number of rotatable bonds is 11. The van der Waals surface area contributed by atoms with Crippen molar-refractivity contribution in [1.82, 2.24) is 4.57 Å². The molecule has 0 bridgehead atoms. The van der Waals surface area contributed by atoms with Gasteiger partial charge in [-0.15, -0.1) is 0 Å². The second kappa shape index (κ2) is 10.8. The van der Waals surface area contributed by atoms with E-state index < -0.39 is 5.97 Å². The summed E-state index contributed by atoms with van der Waals surface area (Å²) in [6.07, 6.45) is 6.35. The molecular formula is C25H29FN2O3. The predicted octanol–water partition coefficient (Wildman–Crippen LogP) is 5.61. The Bertz CT molecular complexity index is 1030. The number of benzene rings is 2. The largest absolute Gasteiger partial charge is 0.481 e. The standard InChI is InChI=1S/C25H29FN2O3/c1-19(29)28(15-9-4-2-3-8-12-25(30)31)24-18-27(17-20-10-6-5-7-11-20)23-14-13-21(26)16-22(23)24/h5-7,10-11,13-14,16,18H,2-4,8-9,12,15,17H2,1H3,(H,30,31). The summed E-state index contributed by atoms with van der Waals surface area (Å²) in [6, 6.07) is 14.7. The molecule has 1 heterocycles. The van der Waals surface area contributed by atoms with Crippen LogP contribution >= 0.6 is 0 Å².